The molecule has 0 bridgehead atoms. The first kappa shape index (κ1) is 14.1. The Morgan fingerprint density at radius 1 is 1.24 bits per heavy atom. The monoisotopic (exact) mass is 286 g/mol. The van der Waals surface area contributed by atoms with Crippen molar-refractivity contribution in [1.29, 1.82) is 0 Å². The molecule has 112 valence electrons. The Bertz CT molecular complexity index is 551. The van der Waals surface area contributed by atoms with E-state index in [4.69, 9.17) is 0 Å². The Hall–Kier alpha value is -1.84. The Balaban J connectivity index is 1.94. The predicted molar refractivity (Wildman–Crippen MR) is 80.5 cm³/mol. The molecule has 1 aromatic rings. The van der Waals surface area contributed by atoms with Crippen molar-refractivity contribution in [3.05, 3.63) is 35.9 Å². The van der Waals surface area contributed by atoms with Gasteiger partial charge in [0.25, 0.3) is 0 Å². The van der Waals surface area contributed by atoms with Crippen LogP contribution in [0, 0.1) is 5.41 Å². The van der Waals surface area contributed by atoms with E-state index in [0.717, 1.165) is 18.4 Å². The van der Waals surface area contributed by atoms with Crippen molar-refractivity contribution in [2.45, 2.75) is 45.2 Å². The van der Waals surface area contributed by atoms with Gasteiger partial charge in [0.2, 0.25) is 11.8 Å². The molecule has 2 fully saturated rings. The van der Waals surface area contributed by atoms with E-state index < -0.39 is 6.04 Å². The van der Waals surface area contributed by atoms with Crippen molar-refractivity contribution in [1.82, 2.24) is 10.2 Å². The SMILES string of the molecule is CCC1NC(=O)C(c2ccccc2)N(CC2(C)CC2)C1=O. The van der Waals surface area contributed by atoms with Crippen LogP contribution >= 0.6 is 0 Å². The van der Waals surface area contributed by atoms with Gasteiger partial charge in [-0.05, 0) is 30.2 Å². The molecule has 2 aliphatic rings. The summed E-state index contributed by atoms with van der Waals surface area (Å²) in [6, 6.07) is 8.73. The third kappa shape index (κ3) is 2.67. The van der Waals surface area contributed by atoms with Crippen LogP contribution in [-0.2, 0) is 9.59 Å². The molecular weight excluding hydrogens is 264 g/mol. The van der Waals surface area contributed by atoms with Crippen LogP contribution in [0.25, 0.3) is 0 Å². The highest BCUT2D eigenvalue weighted by atomic mass is 16.2. The maximum atomic E-state index is 12.7. The van der Waals surface area contributed by atoms with E-state index in [1.54, 1.807) is 4.90 Å². The molecule has 3 rings (SSSR count). The molecule has 2 unspecified atom stereocenters. The number of nitrogens with zero attached hydrogens (tertiary/aromatic N) is 1. The molecule has 1 aliphatic carbocycles. The van der Waals surface area contributed by atoms with Crippen LogP contribution in [0.5, 0.6) is 0 Å². The number of amides is 2. The van der Waals surface area contributed by atoms with E-state index in [-0.39, 0.29) is 23.3 Å². The van der Waals surface area contributed by atoms with E-state index in [1.807, 2.05) is 37.3 Å². The maximum absolute atomic E-state index is 12.7. The minimum absolute atomic E-state index is 0.0547. The van der Waals surface area contributed by atoms with Gasteiger partial charge in [0.1, 0.15) is 12.1 Å². The van der Waals surface area contributed by atoms with Gasteiger partial charge < -0.3 is 10.2 Å². The van der Waals surface area contributed by atoms with Crippen LogP contribution in [0.3, 0.4) is 0 Å². The Labute approximate surface area is 125 Å². The first-order valence-corrected chi connectivity index (χ1v) is 7.70. The highest BCUT2D eigenvalue weighted by Crippen LogP contribution is 2.47. The van der Waals surface area contributed by atoms with Crippen molar-refractivity contribution in [3.63, 3.8) is 0 Å². The zero-order valence-electron chi connectivity index (χ0n) is 12.6. The number of carbonyl (C=O) groups excluding carboxylic acids is 2. The second kappa shape index (κ2) is 5.17. The lowest BCUT2D eigenvalue weighted by Gasteiger charge is -2.40. The van der Waals surface area contributed by atoms with E-state index in [9.17, 15) is 9.59 Å². The van der Waals surface area contributed by atoms with Crippen LogP contribution in [0.1, 0.15) is 44.7 Å². The molecule has 1 heterocycles. The lowest BCUT2D eigenvalue weighted by molar-refractivity contribution is -0.150. The molecule has 2 amide bonds. The van der Waals surface area contributed by atoms with Crippen LogP contribution in [0.15, 0.2) is 30.3 Å². The molecular formula is C17H22N2O2. The third-order valence-electron chi connectivity index (χ3n) is 4.64. The number of hydrogen-bond donors (Lipinski definition) is 1. The van der Waals surface area contributed by atoms with Crippen molar-refractivity contribution in [2.24, 2.45) is 5.41 Å². The summed E-state index contributed by atoms with van der Waals surface area (Å²) < 4.78 is 0. The predicted octanol–water partition coefficient (Wildman–Crippen LogP) is 2.26. The number of hydrogen-bond acceptors (Lipinski definition) is 2. The van der Waals surface area contributed by atoms with Crippen molar-refractivity contribution in [3.8, 4) is 0 Å². The quantitative estimate of drug-likeness (QED) is 0.923. The van der Waals surface area contributed by atoms with Crippen molar-refractivity contribution < 1.29 is 9.59 Å². The van der Waals surface area contributed by atoms with Gasteiger partial charge in [0.15, 0.2) is 0 Å². The van der Waals surface area contributed by atoms with Gasteiger partial charge >= 0.3 is 0 Å². The van der Waals surface area contributed by atoms with E-state index in [0.29, 0.717) is 13.0 Å². The van der Waals surface area contributed by atoms with Gasteiger partial charge in [0, 0.05) is 6.54 Å². The Morgan fingerprint density at radius 2 is 1.90 bits per heavy atom. The van der Waals surface area contributed by atoms with Crippen LogP contribution in [-0.4, -0.2) is 29.3 Å². The normalized spacial score (nSPS) is 27.4. The summed E-state index contributed by atoms with van der Waals surface area (Å²) in [5.74, 6) is -0.00372. The summed E-state index contributed by atoms with van der Waals surface area (Å²) in [6.07, 6.45) is 2.91. The highest BCUT2D eigenvalue weighted by molar-refractivity contribution is 5.97. The number of rotatable bonds is 4. The third-order valence-corrected chi connectivity index (χ3v) is 4.64. The molecule has 1 saturated heterocycles. The first-order valence-electron chi connectivity index (χ1n) is 7.70. The van der Waals surface area contributed by atoms with Crippen molar-refractivity contribution >= 4 is 11.8 Å². The number of benzene rings is 1. The van der Waals surface area contributed by atoms with E-state index >= 15 is 0 Å². The Kier molecular flexibility index (Phi) is 3.47. The summed E-state index contributed by atoms with van der Waals surface area (Å²) >= 11 is 0. The fourth-order valence-electron chi connectivity index (χ4n) is 2.98. The molecule has 21 heavy (non-hydrogen) atoms. The number of piperazine rings is 1. The zero-order valence-corrected chi connectivity index (χ0v) is 12.6. The van der Waals surface area contributed by atoms with E-state index in [2.05, 4.69) is 12.2 Å². The van der Waals surface area contributed by atoms with Crippen LogP contribution in [0.2, 0.25) is 0 Å². The summed E-state index contributed by atoms with van der Waals surface area (Å²) in [7, 11) is 0. The standard InChI is InChI=1S/C17H22N2O2/c1-3-13-16(21)19(11-17(2)9-10-17)14(15(20)18-13)12-7-5-4-6-8-12/h4-8,13-14H,3,9-11H2,1-2H3,(H,18,20). The average Bonchev–Trinajstić information content (AvgIpc) is 3.21. The van der Waals surface area contributed by atoms with Gasteiger partial charge in [-0.25, -0.2) is 0 Å². The smallest absolute Gasteiger partial charge is 0.248 e. The molecule has 1 aromatic carbocycles. The number of carbonyl (C=O) groups is 2. The molecule has 1 saturated carbocycles. The summed E-state index contributed by atoms with van der Waals surface area (Å²) in [6.45, 7) is 4.80. The molecule has 2 atom stereocenters. The molecule has 0 spiro atoms. The second-order valence-electron chi connectivity index (χ2n) is 6.56. The minimum Gasteiger partial charge on any atom is -0.342 e. The molecule has 4 nitrogen and oxygen atoms in total. The van der Waals surface area contributed by atoms with Gasteiger partial charge in [-0.1, -0.05) is 44.2 Å². The fourth-order valence-corrected chi connectivity index (χ4v) is 2.98. The van der Waals surface area contributed by atoms with Gasteiger partial charge in [-0.2, -0.15) is 0 Å². The maximum Gasteiger partial charge on any atom is 0.248 e. The molecule has 1 aliphatic heterocycles. The summed E-state index contributed by atoms with van der Waals surface area (Å²) in [5.41, 5.74) is 1.08. The first-order chi connectivity index (χ1) is 10.0. The fraction of sp³-hybridized carbons (Fsp3) is 0.529. The lowest BCUT2D eigenvalue weighted by Crippen LogP contribution is -2.60. The Morgan fingerprint density at radius 3 is 2.48 bits per heavy atom. The highest BCUT2D eigenvalue weighted by Gasteiger charge is 2.47. The average molecular weight is 286 g/mol. The topological polar surface area (TPSA) is 49.4 Å². The van der Waals surface area contributed by atoms with Crippen LogP contribution in [0.4, 0.5) is 0 Å². The van der Waals surface area contributed by atoms with Crippen molar-refractivity contribution in [2.75, 3.05) is 6.54 Å². The largest absolute Gasteiger partial charge is 0.342 e. The van der Waals surface area contributed by atoms with Gasteiger partial charge in [0.05, 0.1) is 0 Å². The summed E-state index contributed by atoms with van der Waals surface area (Å²) in [5, 5.41) is 2.87. The number of nitrogens with one attached hydrogen (secondary N) is 1. The molecule has 0 radical (unpaired) electrons. The second-order valence-corrected chi connectivity index (χ2v) is 6.56. The zero-order chi connectivity index (χ0) is 15.0. The lowest BCUT2D eigenvalue weighted by atomic mass is 9.96. The molecule has 1 N–H and O–H groups in total. The summed E-state index contributed by atoms with van der Waals surface area (Å²) in [4.78, 5) is 27.0. The molecule has 4 heteroatoms. The van der Waals surface area contributed by atoms with Gasteiger partial charge in [-0.15, -0.1) is 0 Å². The van der Waals surface area contributed by atoms with Crippen LogP contribution < -0.4 is 5.32 Å². The van der Waals surface area contributed by atoms with E-state index in [1.165, 1.54) is 0 Å². The van der Waals surface area contributed by atoms with Gasteiger partial charge in [-0.3, -0.25) is 9.59 Å². The minimum atomic E-state index is -0.487. The molecule has 0 aromatic heterocycles.